The lowest BCUT2D eigenvalue weighted by Crippen LogP contribution is -2.32. The molecule has 0 aliphatic rings. The molecule has 0 N–H and O–H groups in total. The highest BCUT2D eigenvalue weighted by molar-refractivity contribution is 6.30. The molecule has 0 fully saturated rings. The van der Waals surface area contributed by atoms with Gasteiger partial charge in [0.15, 0.2) is 0 Å². The average molecular weight is 326 g/mol. The van der Waals surface area contributed by atoms with E-state index >= 15 is 0 Å². The predicted octanol–water partition coefficient (Wildman–Crippen LogP) is 4.36. The maximum Gasteiger partial charge on any atom is 0.257 e. The molecular formula is C16H14Cl2FNO. The van der Waals surface area contributed by atoms with Crippen LogP contribution in [0.5, 0.6) is 0 Å². The van der Waals surface area contributed by atoms with Gasteiger partial charge < -0.3 is 4.90 Å². The SMILES string of the molecule is O=C(c1ccc(Cl)cc1F)N(CCCl)Cc1ccccc1. The number of rotatable bonds is 5. The van der Waals surface area contributed by atoms with Crippen LogP contribution < -0.4 is 0 Å². The van der Waals surface area contributed by atoms with Crippen LogP contribution in [0.3, 0.4) is 0 Å². The molecule has 0 aliphatic heterocycles. The van der Waals surface area contributed by atoms with Gasteiger partial charge in [-0.15, -0.1) is 11.6 Å². The Morgan fingerprint density at radius 1 is 1.14 bits per heavy atom. The molecule has 1 amide bonds. The summed E-state index contributed by atoms with van der Waals surface area (Å²) in [4.78, 5) is 14.0. The molecule has 0 saturated heterocycles. The predicted molar refractivity (Wildman–Crippen MR) is 83.3 cm³/mol. The summed E-state index contributed by atoms with van der Waals surface area (Å²) in [5, 5.41) is 0.260. The molecule has 0 heterocycles. The number of hydrogen-bond donors (Lipinski definition) is 0. The molecule has 0 unspecified atom stereocenters. The second kappa shape index (κ2) is 7.43. The van der Waals surface area contributed by atoms with Gasteiger partial charge in [0.05, 0.1) is 5.56 Å². The van der Waals surface area contributed by atoms with Crippen molar-refractivity contribution in [3.05, 3.63) is 70.5 Å². The first-order valence-corrected chi connectivity index (χ1v) is 7.37. The third-order valence-corrected chi connectivity index (χ3v) is 3.42. The summed E-state index contributed by atoms with van der Waals surface area (Å²) < 4.78 is 13.9. The lowest BCUT2D eigenvalue weighted by molar-refractivity contribution is 0.0749. The first-order valence-electron chi connectivity index (χ1n) is 6.46. The Balaban J connectivity index is 2.23. The second-order valence-electron chi connectivity index (χ2n) is 4.53. The van der Waals surface area contributed by atoms with E-state index in [0.29, 0.717) is 13.1 Å². The molecule has 2 nitrogen and oxygen atoms in total. The Morgan fingerprint density at radius 3 is 2.48 bits per heavy atom. The molecule has 0 atom stereocenters. The van der Waals surface area contributed by atoms with Crippen molar-refractivity contribution in [2.24, 2.45) is 0 Å². The van der Waals surface area contributed by atoms with Crippen LogP contribution in [0.25, 0.3) is 0 Å². The molecule has 0 saturated carbocycles. The number of hydrogen-bond acceptors (Lipinski definition) is 1. The van der Waals surface area contributed by atoms with Gasteiger partial charge in [-0.05, 0) is 23.8 Å². The van der Waals surface area contributed by atoms with Crippen LogP contribution in [0.15, 0.2) is 48.5 Å². The minimum absolute atomic E-state index is 0.000415. The first kappa shape index (κ1) is 15.8. The van der Waals surface area contributed by atoms with E-state index in [0.717, 1.165) is 11.6 Å². The summed E-state index contributed by atoms with van der Waals surface area (Å²) in [6.45, 7) is 0.728. The molecule has 5 heteroatoms. The molecule has 2 rings (SSSR count). The van der Waals surface area contributed by atoms with E-state index < -0.39 is 11.7 Å². The highest BCUT2D eigenvalue weighted by Gasteiger charge is 2.19. The molecule has 2 aromatic rings. The maximum absolute atomic E-state index is 13.9. The molecule has 21 heavy (non-hydrogen) atoms. The van der Waals surface area contributed by atoms with E-state index in [9.17, 15) is 9.18 Å². The highest BCUT2D eigenvalue weighted by atomic mass is 35.5. The van der Waals surface area contributed by atoms with Gasteiger partial charge in [0, 0.05) is 24.0 Å². The average Bonchev–Trinajstić information content (AvgIpc) is 2.47. The molecule has 110 valence electrons. The number of alkyl halides is 1. The van der Waals surface area contributed by atoms with E-state index in [1.807, 2.05) is 30.3 Å². The first-order chi connectivity index (χ1) is 10.1. The molecule has 0 aliphatic carbocycles. The van der Waals surface area contributed by atoms with Crippen molar-refractivity contribution in [2.45, 2.75) is 6.54 Å². The Bertz CT molecular complexity index is 619. The zero-order valence-corrected chi connectivity index (χ0v) is 12.7. The van der Waals surface area contributed by atoms with E-state index in [1.165, 1.54) is 17.0 Å². The number of amides is 1. The fourth-order valence-electron chi connectivity index (χ4n) is 1.99. The van der Waals surface area contributed by atoms with Gasteiger partial charge in [-0.1, -0.05) is 41.9 Å². The minimum Gasteiger partial charge on any atom is -0.333 e. The molecule has 0 aromatic heterocycles. The van der Waals surface area contributed by atoms with Gasteiger partial charge in [0.25, 0.3) is 5.91 Å². The summed E-state index contributed by atoms with van der Waals surface area (Å²) in [7, 11) is 0. The van der Waals surface area contributed by atoms with Gasteiger partial charge >= 0.3 is 0 Å². The topological polar surface area (TPSA) is 20.3 Å². The van der Waals surface area contributed by atoms with Crippen LogP contribution >= 0.6 is 23.2 Å². The number of carbonyl (C=O) groups is 1. The van der Waals surface area contributed by atoms with Crippen molar-refractivity contribution in [2.75, 3.05) is 12.4 Å². The summed E-state index contributed by atoms with van der Waals surface area (Å²) in [5.41, 5.74) is 0.964. The van der Waals surface area contributed by atoms with E-state index in [2.05, 4.69) is 0 Å². The standard InChI is InChI=1S/C16H14Cl2FNO/c17-8-9-20(11-12-4-2-1-3-5-12)16(21)14-7-6-13(18)10-15(14)19/h1-7,10H,8-9,11H2. The Labute approximate surface area is 133 Å². The van der Waals surface area contributed by atoms with Crippen molar-refractivity contribution in [3.63, 3.8) is 0 Å². The lowest BCUT2D eigenvalue weighted by Gasteiger charge is -2.22. The molecule has 0 bridgehead atoms. The normalized spacial score (nSPS) is 10.4. The van der Waals surface area contributed by atoms with Crippen LogP contribution in [0.4, 0.5) is 4.39 Å². The maximum atomic E-state index is 13.9. The fraction of sp³-hybridized carbons (Fsp3) is 0.188. The van der Waals surface area contributed by atoms with Crippen LogP contribution in [0.2, 0.25) is 5.02 Å². The number of nitrogens with zero attached hydrogens (tertiary/aromatic N) is 1. The van der Waals surface area contributed by atoms with E-state index in [4.69, 9.17) is 23.2 Å². The number of halogens is 3. The third-order valence-electron chi connectivity index (χ3n) is 3.02. The van der Waals surface area contributed by atoms with Crippen molar-refractivity contribution < 1.29 is 9.18 Å². The summed E-state index contributed by atoms with van der Waals surface area (Å²) in [6.07, 6.45) is 0. The van der Waals surface area contributed by atoms with E-state index in [1.54, 1.807) is 0 Å². The molecular weight excluding hydrogens is 312 g/mol. The van der Waals surface area contributed by atoms with Crippen LogP contribution in [0, 0.1) is 5.82 Å². The molecule has 0 spiro atoms. The zero-order chi connectivity index (χ0) is 15.2. The monoisotopic (exact) mass is 325 g/mol. The van der Waals surface area contributed by atoms with Crippen LogP contribution in [-0.4, -0.2) is 23.2 Å². The van der Waals surface area contributed by atoms with Gasteiger partial charge in [0.1, 0.15) is 5.82 Å². The van der Waals surface area contributed by atoms with Crippen molar-refractivity contribution in [1.29, 1.82) is 0 Å². The summed E-state index contributed by atoms with van der Waals surface area (Å²) >= 11 is 11.5. The van der Waals surface area contributed by atoms with Gasteiger partial charge in [0.2, 0.25) is 0 Å². The fourth-order valence-corrected chi connectivity index (χ4v) is 2.35. The number of carbonyl (C=O) groups excluding carboxylic acids is 1. The third kappa shape index (κ3) is 4.19. The van der Waals surface area contributed by atoms with E-state index in [-0.39, 0.29) is 16.5 Å². The smallest absolute Gasteiger partial charge is 0.257 e. The molecule has 2 aromatic carbocycles. The summed E-state index contributed by atoms with van der Waals surface area (Å²) in [5.74, 6) is -0.734. The van der Waals surface area contributed by atoms with Crippen molar-refractivity contribution in [3.8, 4) is 0 Å². The zero-order valence-electron chi connectivity index (χ0n) is 11.2. The summed E-state index contributed by atoms with van der Waals surface area (Å²) in [6, 6.07) is 13.5. The lowest BCUT2D eigenvalue weighted by atomic mass is 10.1. The Hall–Kier alpha value is -1.58. The molecule has 0 radical (unpaired) electrons. The largest absolute Gasteiger partial charge is 0.333 e. The minimum atomic E-state index is -0.625. The number of benzene rings is 2. The van der Waals surface area contributed by atoms with Gasteiger partial charge in [-0.25, -0.2) is 4.39 Å². The van der Waals surface area contributed by atoms with Crippen LogP contribution in [0.1, 0.15) is 15.9 Å². The van der Waals surface area contributed by atoms with Gasteiger partial charge in [-0.3, -0.25) is 4.79 Å². The highest BCUT2D eigenvalue weighted by Crippen LogP contribution is 2.17. The van der Waals surface area contributed by atoms with Crippen molar-refractivity contribution >= 4 is 29.1 Å². The van der Waals surface area contributed by atoms with Gasteiger partial charge in [-0.2, -0.15) is 0 Å². The Kier molecular flexibility index (Phi) is 5.59. The van der Waals surface area contributed by atoms with Crippen molar-refractivity contribution in [1.82, 2.24) is 4.90 Å². The Morgan fingerprint density at radius 2 is 1.86 bits per heavy atom. The second-order valence-corrected chi connectivity index (χ2v) is 5.34. The van der Waals surface area contributed by atoms with Crippen LogP contribution in [-0.2, 0) is 6.54 Å². The quantitative estimate of drug-likeness (QED) is 0.748.